The van der Waals surface area contributed by atoms with Crippen molar-refractivity contribution in [3.8, 4) is 0 Å². The van der Waals surface area contributed by atoms with Gasteiger partial charge in [0.25, 0.3) is 5.56 Å². The molecule has 1 N–H and O–H groups in total. The predicted molar refractivity (Wildman–Crippen MR) is 59.2 cm³/mol. The Morgan fingerprint density at radius 1 is 1.27 bits per heavy atom. The summed E-state index contributed by atoms with van der Waals surface area (Å²) in [5.74, 6) is 0. The van der Waals surface area contributed by atoms with Crippen LogP contribution in [0.5, 0.6) is 0 Å². The molecule has 0 aliphatic heterocycles. The van der Waals surface area contributed by atoms with Crippen molar-refractivity contribution in [3.63, 3.8) is 0 Å². The van der Waals surface area contributed by atoms with Crippen molar-refractivity contribution in [1.29, 1.82) is 0 Å². The average Bonchev–Trinajstić information content (AvgIpc) is 2.23. The van der Waals surface area contributed by atoms with Gasteiger partial charge in [-0.15, -0.1) is 0 Å². The fourth-order valence-corrected chi connectivity index (χ4v) is 1.41. The standard InChI is InChI=1S/C10H17N3O2/c1-4-11-6-5-8-7-9(14)13(3)10(15)12(8)2/h7,11H,4-6H2,1-3H3. The average molecular weight is 211 g/mol. The second-order valence-corrected chi connectivity index (χ2v) is 3.48. The fourth-order valence-electron chi connectivity index (χ4n) is 1.41. The molecule has 0 radical (unpaired) electrons. The van der Waals surface area contributed by atoms with Crippen LogP contribution in [0, 0.1) is 0 Å². The van der Waals surface area contributed by atoms with Gasteiger partial charge in [0.2, 0.25) is 0 Å². The van der Waals surface area contributed by atoms with E-state index in [9.17, 15) is 9.59 Å². The minimum Gasteiger partial charge on any atom is -0.317 e. The van der Waals surface area contributed by atoms with Crippen molar-refractivity contribution in [3.05, 3.63) is 32.6 Å². The summed E-state index contributed by atoms with van der Waals surface area (Å²) in [7, 11) is 3.17. The Labute approximate surface area is 88.4 Å². The zero-order chi connectivity index (χ0) is 11.4. The first-order valence-electron chi connectivity index (χ1n) is 5.04. The Morgan fingerprint density at radius 3 is 2.53 bits per heavy atom. The van der Waals surface area contributed by atoms with Crippen LogP contribution in [0.25, 0.3) is 0 Å². The lowest BCUT2D eigenvalue weighted by atomic mass is 10.3. The Hall–Kier alpha value is -1.36. The van der Waals surface area contributed by atoms with Crippen molar-refractivity contribution in [1.82, 2.24) is 14.5 Å². The Kier molecular flexibility index (Phi) is 3.85. The van der Waals surface area contributed by atoms with E-state index in [4.69, 9.17) is 0 Å². The van der Waals surface area contributed by atoms with E-state index in [1.54, 1.807) is 7.05 Å². The molecule has 84 valence electrons. The zero-order valence-electron chi connectivity index (χ0n) is 9.41. The monoisotopic (exact) mass is 211 g/mol. The van der Waals surface area contributed by atoms with Gasteiger partial charge in [0, 0.05) is 38.8 Å². The minimum atomic E-state index is -0.269. The number of rotatable bonds is 4. The van der Waals surface area contributed by atoms with Gasteiger partial charge in [-0.3, -0.25) is 9.36 Å². The van der Waals surface area contributed by atoms with Crippen molar-refractivity contribution < 1.29 is 0 Å². The summed E-state index contributed by atoms with van der Waals surface area (Å²) in [6.45, 7) is 3.68. The maximum absolute atomic E-state index is 11.5. The molecule has 0 aromatic carbocycles. The van der Waals surface area contributed by atoms with Crippen LogP contribution in [0.4, 0.5) is 0 Å². The highest BCUT2D eigenvalue weighted by Gasteiger charge is 2.04. The van der Waals surface area contributed by atoms with Gasteiger partial charge >= 0.3 is 5.69 Å². The van der Waals surface area contributed by atoms with E-state index >= 15 is 0 Å². The van der Waals surface area contributed by atoms with Gasteiger partial charge in [-0.1, -0.05) is 6.92 Å². The molecule has 0 amide bonds. The first-order valence-corrected chi connectivity index (χ1v) is 5.04. The van der Waals surface area contributed by atoms with Gasteiger partial charge in [0.1, 0.15) is 0 Å². The molecule has 5 heteroatoms. The molecular formula is C10H17N3O2. The van der Waals surface area contributed by atoms with Crippen LogP contribution < -0.4 is 16.6 Å². The highest BCUT2D eigenvalue weighted by atomic mass is 16.2. The molecule has 0 saturated carbocycles. The molecule has 0 saturated heterocycles. The molecule has 0 bridgehead atoms. The number of likely N-dealkylation sites (N-methyl/N-ethyl adjacent to an activating group) is 1. The van der Waals surface area contributed by atoms with Crippen LogP contribution in [-0.4, -0.2) is 22.2 Å². The lowest BCUT2D eigenvalue weighted by Gasteiger charge is -2.09. The van der Waals surface area contributed by atoms with Crippen molar-refractivity contribution >= 4 is 0 Å². The minimum absolute atomic E-state index is 0.246. The van der Waals surface area contributed by atoms with Crippen LogP contribution >= 0.6 is 0 Å². The third-order valence-electron chi connectivity index (χ3n) is 2.43. The first kappa shape index (κ1) is 11.7. The largest absolute Gasteiger partial charge is 0.330 e. The molecular weight excluding hydrogens is 194 g/mol. The molecule has 0 unspecified atom stereocenters. The summed E-state index contributed by atoms with van der Waals surface area (Å²) >= 11 is 0. The molecule has 1 rings (SSSR count). The highest BCUT2D eigenvalue weighted by Crippen LogP contribution is 1.90. The molecule has 1 aromatic heterocycles. The number of nitrogens with zero attached hydrogens (tertiary/aromatic N) is 2. The second-order valence-electron chi connectivity index (χ2n) is 3.48. The van der Waals surface area contributed by atoms with E-state index < -0.39 is 0 Å². The van der Waals surface area contributed by atoms with Crippen LogP contribution in [-0.2, 0) is 20.5 Å². The van der Waals surface area contributed by atoms with Crippen LogP contribution in [0.15, 0.2) is 15.7 Å². The van der Waals surface area contributed by atoms with Gasteiger partial charge in [-0.05, 0) is 6.54 Å². The lowest BCUT2D eigenvalue weighted by molar-refractivity contribution is 0.625. The Bertz CT molecular complexity index is 445. The maximum atomic E-state index is 11.5. The van der Waals surface area contributed by atoms with Gasteiger partial charge < -0.3 is 9.88 Å². The SMILES string of the molecule is CCNCCc1cc(=O)n(C)c(=O)n1C. The number of hydrogen-bond acceptors (Lipinski definition) is 3. The Balaban J connectivity index is 3.00. The molecule has 5 nitrogen and oxygen atoms in total. The van der Waals surface area contributed by atoms with E-state index in [2.05, 4.69) is 5.32 Å². The molecule has 0 spiro atoms. The first-order chi connectivity index (χ1) is 7.07. The van der Waals surface area contributed by atoms with Crippen molar-refractivity contribution in [2.24, 2.45) is 14.1 Å². The Morgan fingerprint density at radius 2 is 1.93 bits per heavy atom. The van der Waals surface area contributed by atoms with Gasteiger partial charge in [0.05, 0.1) is 0 Å². The predicted octanol–water partition coefficient (Wildman–Crippen LogP) is -0.764. The molecule has 0 aliphatic rings. The maximum Gasteiger partial charge on any atom is 0.330 e. The van der Waals surface area contributed by atoms with E-state index in [1.165, 1.54) is 17.7 Å². The molecule has 0 aliphatic carbocycles. The van der Waals surface area contributed by atoms with E-state index in [-0.39, 0.29) is 11.2 Å². The summed E-state index contributed by atoms with van der Waals surface area (Å²) in [5.41, 5.74) is 0.252. The van der Waals surface area contributed by atoms with Crippen molar-refractivity contribution in [2.75, 3.05) is 13.1 Å². The topological polar surface area (TPSA) is 56.0 Å². The smallest absolute Gasteiger partial charge is 0.317 e. The third-order valence-corrected chi connectivity index (χ3v) is 2.43. The molecule has 1 aromatic rings. The van der Waals surface area contributed by atoms with Crippen LogP contribution in [0.1, 0.15) is 12.6 Å². The zero-order valence-corrected chi connectivity index (χ0v) is 9.41. The molecule has 0 fully saturated rings. The van der Waals surface area contributed by atoms with E-state index in [0.717, 1.165) is 23.4 Å². The van der Waals surface area contributed by atoms with E-state index in [0.29, 0.717) is 6.42 Å². The van der Waals surface area contributed by atoms with Crippen LogP contribution in [0.3, 0.4) is 0 Å². The molecule has 1 heterocycles. The number of aromatic nitrogens is 2. The van der Waals surface area contributed by atoms with Gasteiger partial charge in [-0.2, -0.15) is 0 Å². The second kappa shape index (κ2) is 4.93. The fraction of sp³-hybridized carbons (Fsp3) is 0.600. The van der Waals surface area contributed by atoms with Gasteiger partial charge in [0.15, 0.2) is 0 Å². The summed E-state index contributed by atoms with van der Waals surface area (Å²) in [5, 5.41) is 3.15. The summed E-state index contributed by atoms with van der Waals surface area (Å²) in [6.07, 6.45) is 0.690. The summed E-state index contributed by atoms with van der Waals surface area (Å²) in [4.78, 5) is 22.9. The lowest BCUT2D eigenvalue weighted by Crippen LogP contribution is -2.38. The normalized spacial score (nSPS) is 10.6. The third kappa shape index (κ3) is 2.56. The van der Waals surface area contributed by atoms with Gasteiger partial charge in [-0.25, -0.2) is 4.79 Å². The highest BCUT2D eigenvalue weighted by molar-refractivity contribution is 5.02. The molecule has 0 atom stereocenters. The summed E-state index contributed by atoms with van der Waals surface area (Å²) in [6, 6.07) is 1.51. The number of nitrogens with one attached hydrogen (secondary N) is 1. The quantitative estimate of drug-likeness (QED) is 0.666. The van der Waals surface area contributed by atoms with Crippen molar-refractivity contribution in [2.45, 2.75) is 13.3 Å². The van der Waals surface area contributed by atoms with E-state index in [1.807, 2.05) is 6.92 Å². The molecule has 15 heavy (non-hydrogen) atoms. The summed E-state index contributed by atoms with van der Waals surface area (Å²) < 4.78 is 2.62. The number of hydrogen-bond donors (Lipinski definition) is 1. The van der Waals surface area contributed by atoms with Crippen LogP contribution in [0.2, 0.25) is 0 Å².